The SMILES string of the molecule is CC(C)(C)OC(=O)Nc1ccc(-c2ccccc2)cc1NC(=O)c1ccc(N2CCC(NCCO[Si](C)(C)C(C)(C)C)C2)cc1. The molecule has 1 atom stereocenters. The lowest BCUT2D eigenvalue weighted by Gasteiger charge is -2.36. The third-order valence-electron chi connectivity index (χ3n) is 8.50. The van der Waals surface area contributed by atoms with Crippen molar-refractivity contribution in [1.82, 2.24) is 5.32 Å². The van der Waals surface area contributed by atoms with Gasteiger partial charge in [-0.05, 0) is 92.8 Å². The molecule has 3 aromatic rings. The van der Waals surface area contributed by atoms with Gasteiger partial charge in [0.05, 0.1) is 11.4 Å². The van der Waals surface area contributed by atoms with Crippen molar-refractivity contribution in [3.8, 4) is 11.1 Å². The molecule has 0 aliphatic carbocycles. The van der Waals surface area contributed by atoms with E-state index in [9.17, 15) is 9.59 Å². The van der Waals surface area contributed by atoms with Crippen molar-refractivity contribution < 1.29 is 18.8 Å². The van der Waals surface area contributed by atoms with Crippen LogP contribution < -0.4 is 20.9 Å². The number of hydrogen-bond donors (Lipinski definition) is 3. The van der Waals surface area contributed by atoms with Gasteiger partial charge in [-0.2, -0.15) is 0 Å². The number of ether oxygens (including phenoxy) is 1. The molecule has 45 heavy (non-hydrogen) atoms. The van der Waals surface area contributed by atoms with E-state index in [0.717, 1.165) is 49.5 Å². The van der Waals surface area contributed by atoms with Gasteiger partial charge in [-0.25, -0.2) is 4.79 Å². The molecule has 9 heteroatoms. The van der Waals surface area contributed by atoms with Crippen molar-refractivity contribution in [1.29, 1.82) is 0 Å². The maximum Gasteiger partial charge on any atom is 0.412 e. The zero-order valence-corrected chi connectivity index (χ0v) is 29.1. The zero-order valence-electron chi connectivity index (χ0n) is 28.1. The Kier molecular flexibility index (Phi) is 10.8. The fourth-order valence-electron chi connectivity index (χ4n) is 4.95. The van der Waals surface area contributed by atoms with Crippen LogP contribution in [0.1, 0.15) is 58.3 Å². The van der Waals surface area contributed by atoms with Crippen LogP contribution in [0, 0.1) is 0 Å². The first kappa shape index (κ1) is 34.2. The minimum absolute atomic E-state index is 0.214. The Labute approximate surface area is 270 Å². The molecule has 8 nitrogen and oxygen atoms in total. The van der Waals surface area contributed by atoms with E-state index in [2.05, 4.69) is 54.7 Å². The first-order chi connectivity index (χ1) is 21.1. The van der Waals surface area contributed by atoms with Crippen LogP contribution >= 0.6 is 0 Å². The minimum atomic E-state index is -1.73. The second-order valence-corrected chi connectivity index (χ2v) is 19.1. The number of rotatable bonds is 10. The van der Waals surface area contributed by atoms with Crippen LogP contribution in [0.15, 0.2) is 72.8 Å². The number of carbonyl (C=O) groups excluding carboxylic acids is 2. The Bertz CT molecular complexity index is 1450. The Balaban J connectivity index is 1.38. The topological polar surface area (TPSA) is 91.9 Å². The van der Waals surface area contributed by atoms with Crippen LogP contribution in [0.25, 0.3) is 11.1 Å². The summed E-state index contributed by atoms with van der Waals surface area (Å²) in [5, 5.41) is 9.67. The molecule has 1 aliphatic heterocycles. The van der Waals surface area contributed by atoms with Gasteiger partial charge in [0.15, 0.2) is 8.32 Å². The van der Waals surface area contributed by atoms with Crippen molar-refractivity contribution in [2.75, 3.05) is 41.8 Å². The summed E-state index contributed by atoms with van der Waals surface area (Å²) < 4.78 is 11.8. The average Bonchev–Trinajstić information content (AvgIpc) is 3.44. The molecule has 1 saturated heterocycles. The van der Waals surface area contributed by atoms with E-state index in [4.69, 9.17) is 9.16 Å². The molecule has 1 unspecified atom stereocenters. The molecular formula is C36H50N4O4Si. The summed E-state index contributed by atoms with van der Waals surface area (Å²) >= 11 is 0. The standard InChI is InChI=1S/C36H50N4O4Si/c1-35(2,3)44-34(42)39-31-19-16-28(26-12-10-9-11-13-26)24-32(31)38-33(41)27-14-17-30(18-15-27)40-22-20-29(25-40)37-21-23-43-45(7,8)36(4,5)6/h9-19,24,29,37H,20-23,25H2,1-8H3,(H,38,41)(H,39,42). The van der Waals surface area contributed by atoms with Crippen LogP contribution in [-0.2, 0) is 9.16 Å². The van der Waals surface area contributed by atoms with Gasteiger partial charge in [-0.1, -0.05) is 57.2 Å². The molecular weight excluding hydrogens is 581 g/mol. The lowest BCUT2D eigenvalue weighted by Crippen LogP contribution is -2.43. The van der Waals surface area contributed by atoms with Crippen LogP contribution in [0.3, 0.4) is 0 Å². The highest BCUT2D eigenvalue weighted by atomic mass is 28.4. The fraction of sp³-hybridized carbons (Fsp3) is 0.444. The summed E-state index contributed by atoms with van der Waals surface area (Å²) in [5.41, 5.74) is 3.84. The van der Waals surface area contributed by atoms with E-state index in [1.807, 2.05) is 87.5 Å². The smallest absolute Gasteiger partial charge is 0.412 e. The van der Waals surface area contributed by atoms with Crippen molar-refractivity contribution in [2.24, 2.45) is 0 Å². The summed E-state index contributed by atoms with van der Waals surface area (Å²) in [6.07, 6.45) is 0.476. The summed E-state index contributed by atoms with van der Waals surface area (Å²) in [7, 11) is -1.73. The number of nitrogens with zero attached hydrogens (tertiary/aromatic N) is 1. The summed E-state index contributed by atoms with van der Waals surface area (Å²) in [6, 6.07) is 23.5. The van der Waals surface area contributed by atoms with Crippen molar-refractivity contribution >= 4 is 37.4 Å². The Morgan fingerprint density at radius 3 is 2.20 bits per heavy atom. The lowest BCUT2D eigenvalue weighted by atomic mass is 10.0. The molecule has 1 aliphatic rings. The second kappa shape index (κ2) is 14.2. The highest BCUT2D eigenvalue weighted by molar-refractivity contribution is 6.74. The van der Waals surface area contributed by atoms with Gasteiger partial charge < -0.3 is 24.7 Å². The Hall–Kier alpha value is -3.66. The summed E-state index contributed by atoms with van der Waals surface area (Å²) in [5.74, 6) is -0.262. The van der Waals surface area contributed by atoms with E-state index >= 15 is 0 Å². The maximum atomic E-state index is 13.4. The van der Waals surface area contributed by atoms with Crippen molar-refractivity contribution in [3.05, 3.63) is 78.4 Å². The number of benzene rings is 3. The van der Waals surface area contributed by atoms with E-state index in [1.54, 1.807) is 6.07 Å². The number of nitrogens with one attached hydrogen (secondary N) is 3. The minimum Gasteiger partial charge on any atom is -0.444 e. The van der Waals surface area contributed by atoms with E-state index in [-0.39, 0.29) is 10.9 Å². The Morgan fingerprint density at radius 2 is 1.56 bits per heavy atom. The first-order valence-corrected chi connectivity index (χ1v) is 18.8. The number of hydrogen-bond acceptors (Lipinski definition) is 6. The molecule has 0 spiro atoms. The number of carbonyl (C=O) groups is 2. The van der Waals surface area contributed by atoms with Gasteiger partial charge in [0.1, 0.15) is 5.60 Å². The van der Waals surface area contributed by atoms with Crippen LogP contribution in [-0.4, -0.2) is 58.2 Å². The quantitative estimate of drug-likeness (QED) is 0.155. The first-order valence-electron chi connectivity index (χ1n) is 15.8. The molecule has 2 amide bonds. The van der Waals surface area contributed by atoms with Gasteiger partial charge in [-0.3, -0.25) is 10.1 Å². The van der Waals surface area contributed by atoms with Crippen LogP contribution in [0.5, 0.6) is 0 Å². The number of anilines is 3. The molecule has 242 valence electrons. The van der Waals surface area contributed by atoms with Gasteiger partial charge in [-0.15, -0.1) is 0 Å². The van der Waals surface area contributed by atoms with Gasteiger partial charge in [0.2, 0.25) is 0 Å². The van der Waals surface area contributed by atoms with Crippen molar-refractivity contribution in [2.45, 2.75) is 77.7 Å². The molecule has 1 heterocycles. The molecule has 0 bridgehead atoms. The van der Waals surface area contributed by atoms with E-state index in [1.165, 1.54) is 0 Å². The maximum absolute atomic E-state index is 13.4. The average molecular weight is 631 g/mol. The van der Waals surface area contributed by atoms with E-state index < -0.39 is 20.0 Å². The fourth-order valence-corrected chi connectivity index (χ4v) is 5.99. The van der Waals surface area contributed by atoms with Gasteiger partial charge in [0.25, 0.3) is 5.91 Å². The molecule has 0 radical (unpaired) electrons. The highest BCUT2D eigenvalue weighted by Gasteiger charge is 2.37. The highest BCUT2D eigenvalue weighted by Crippen LogP contribution is 2.36. The van der Waals surface area contributed by atoms with Gasteiger partial charge in [0, 0.05) is 43.5 Å². The molecule has 0 saturated carbocycles. The zero-order chi connectivity index (χ0) is 32.8. The predicted molar refractivity (Wildman–Crippen MR) is 188 cm³/mol. The van der Waals surface area contributed by atoms with Crippen molar-refractivity contribution in [3.63, 3.8) is 0 Å². The third-order valence-corrected chi connectivity index (χ3v) is 13.0. The number of amides is 2. The molecule has 4 rings (SSSR count). The lowest BCUT2D eigenvalue weighted by molar-refractivity contribution is 0.0635. The largest absolute Gasteiger partial charge is 0.444 e. The molecule has 0 aromatic heterocycles. The predicted octanol–water partition coefficient (Wildman–Crippen LogP) is 8.14. The van der Waals surface area contributed by atoms with Crippen LogP contribution in [0.4, 0.5) is 21.9 Å². The summed E-state index contributed by atoms with van der Waals surface area (Å²) in [4.78, 5) is 28.3. The summed E-state index contributed by atoms with van der Waals surface area (Å²) in [6.45, 7) is 20.2. The molecule has 3 N–H and O–H groups in total. The monoisotopic (exact) mass is 630 g/mol. The third kappa shape index (κ3) is 9.66. The molecule has 3 aromatic carbocycles. The molecule has 1 fully saturated rings. The van der Waals surface area contributed by atoms with Gasteiger partial charge >= 0.3 is 6.09 Å². The Morgan fingerprint density at radius 1 is 0.867 bits per heavy atom. The second-order valence-electron chi connectivity index (χ2n) is 14.2. The van der Waals surface area contributed by atoms with E-state index in [0.29, 0.717) is 23.0 Å². The normalized spacial score (nSPS) is 15.6. The van der Waals surface area contributed by atoms with Crippen LogP contribution in [0.2, 0.25) is 18.1 Å².